The Morgan fingerprint density at radius 1 is 1.21 bits per heavy atom. The van der Waals surface area contributed by atoms with Crippen molar-refractivity contribution in [2.24, 2.45) is 0 Å². The first-order chi connectivity index (χ1) is 9.27. The number of anilines is 1. The Kier molecular flexibility index (Phi) is 4.34. The molecule has 0 aliphatic heterocycles. The van der Waals surface area contributed by atoms with Crippen LogP contribution in [-0.2, 0) is 0 Å². The molecule has 19 heavy (non-hydrogen) atoms. The summed E-state index contributed by atoms with van der Waals surface area (Å²) in [6, 6.07) is 7.89. The second-order valence-electron chi connectivity index (χ2n) is 4.32. The van der Waals surface area contributed by atoms with E-state index in [1.807, 2.05) is 31.2 Å². The van der Waals surface area contributed by atoms with E-state index in [4.69, 9.17) is 4.74 Å². The number of hydrogen-bond acceptors (Lipinski definition) is 4. The molecule has 2 rings (SSSR count). The predicted molar refractivity (Wildman–Crippen MR) is 77.5 cm³/mol. The van der Waals surface area contributed by atoms with Gasteiger partial charge >= 0.3 is 0 Å². The molecule has 0 unspecified atom stereocenters. The SMILES string of the molecule is CCCNc1ncnc(-c2ccccc2OC)c1C. The van der Waals surface area contributed by atoms with E-state index in [0.717, 1.165) is 41.4 Å². The van der Waals surface area contributed by atoms with Gasteiger partial charge in [0.1, 0.15) is 17.9 Å². The van der Waals surface area contributed by atoms with Crippen molar-refractivity contribution >= 4 is 5.82 Å². The van der Waals surface area contributed by atoms with Crippen LogP contribution in [0.2, 0.25) is 0 Å². The van der Waals surface area contributed by atoms with Crippen LogP contribution < -0.4 is 10.1 Å². The van der Waals surface area contributed by atoms with E-state index in [9.17, 15) is 0 Å². The highest BCUT2D eigenvalue weighted by molar-refractivity contribution is 5.72. The van der Waals surface area contributed by atoms with E-state index >= 15 is 0 Å². The molecule has 4 nitrogen and oxygen atoms in total. The summed E-state index contributed by atoms with van der Waals surface area (Å²) < 4.78 is 5.39. The van der Waals surface area contributed by atoms with Crippen molar-refractivity contribution in [3.05, 3.63) is 36.2 Å². The molecule has 1 aromatic carbocycles. The highest BCUT2D eigenvalue weighted by Gasteiger charge is 2.12. The molecule has 0 saturated heterocycles. The quantitative estimate of drug-likeness (QED) is 0.893. The summed E-state index contributed by atoms with van der Waals surface area (Å²) in [6.07, 6.45) is 2.65. The molecule has 2 aromatic rings. The van der Waals surface area contributed by atoms with Gasteiger partial charge in [0.25, 0.3) is 0 Å². The Hall–Kier alpha value is -2.10. The lowest BCUT2D eigenvalue weighted by Gasteiger charge is -2.13. The lowest BCUT2D eigenvalue weighted by molar-refractivity contribution is 0.416. The summed E-state index contributed by atoms with van der Waals surface area (Å²) in [5, 5.41) is 3.32. The van der Waals surface area contributed by atoms with Gasteiger partial charge in [-0.15, -0.1) is 0 Å². The highest BCUT2D eigenvalue weighted by atomic mass is 16.5. The molecule has 0 bridgehead atoms. The van der Waals surface area contributed by atoms with Gasteiger partial charge in [0.2, 0.25) is 0 Å². The van der Waals surface area contributed by atoms with E-state index < -0.39 is 0 Å². The summed E-state index contributed by atoms with van der Waals surface area (Å²) in [5.41, 5.74) is 2.94. The summed E-state index contributed by atoms with van der Waals surface area (Å²) in [6.45, 7) is 5.06. The molecule has 4 heteroatoms. The van der Waals surface area contributed by atoms with Gasteiger partial charge in [-0.05, 0) is 25.5 Å². The van der Waals surface area contributed by atoms with Gasteiger partial charge < -0.3 is 10.1 Å². The van der Waals surface area contributed by atoms with Gasteiger partial charge in [-0.1, -0.05) is 19.1 Å². The molecule has 1 N–H and O–H groups in total. The Morgan fingerprint density at radius 2 is 2.00 bits per heavy atom. The number of rotatable bonds is 5. The molecule has 0 aliphatic carbocycles. The maximum absolute atomic E-state index is 5.39. The third-order valence-corrected chi connectivity index (χ3v) is 2.99. The van der Waals surface area contributed by atoms with Gasteiger partial charge in [0, 0.05) is 17.7 Å². The normalized spacial score (nSPS) is 10.3. The summed E-state index contributed by atoms with van der Waals surface area (Å²) in [4.78, 5) is 8.69. The number of nitrogens with zero attached hydrogens (tertiary/aromatic N) is 2. The number of ether oxygens (including phenoxy) is 1. The number of hydrogen-bond donors (Lipinski definition) is 1. The molecular weight excluding hydrogens is 238 g/mol. The molecule has 1 heterocycles. The summed E-state index contributed by atoms with van der Waals surface area (Å²) in [5.74, 6) is 1.71. The predicted octanol–water partition coefficient (Wildman–Crippen LogP) is 3.28. The number of methoxy groups -OCH3 is 1. The van der Waals surface area contributed by atoms with E-state index in [0.29, 0.717) is 0 Å². The fourth-order valence-electron chi connectivity index (χ4n) is 1.98. The number of aromatic nitrogens is 2. The van der Waals surface area contributed by atoms with Crippen LogP contribution in [0.4, 0.5) is 5.82 Å². The zero-order valence-electron chi connectivity index (χ0n) is 11.6. The average molecular weight is 257 g/mol. The standard InChI is InChI=1S/C15H19N3O/c1-4-9-16-15-11(2)14(17-10-18-15)12-7-5-6-8-13(12)19-3/h5-8,10H,4,9H2,1-3H3,(H,16,17,18). The van der Waals surface area contributed by atoms with Gasteiger partial charge in [-0.25, -0.2) is 9.97 Å². The molecule has 0 aliphatic rings. The number of nitrogens with one attached hydrogen (secondary N) is 1. The minimum absolute atomic E-state index is 0.825. The lowest BCUT2D eigenvalue weighted by Crippen LogP contribution is -2.05. The van der Waals surface area contributed by atoms with Crippen molar-refractivity contribution < 1.29 is 4.74 Å². The van der Waals surface area contributed by atoms with Crippen molar-refractivity contribution in [1.82, 2.24) is 9.97 Å². The molecule has 100 valence electrons. The molecule has 1 aromatic heterocycles. The topological polar surface area (TPSA) is 47.0 Å². The van der Waals surface area contributed by atoms with Gasteiger partial charge in [0.15, 0.2) is 0 Å². The molecule has 0 atom stereocenters. The first-order valence-corrected chi connectivity index (χ1v) is 6.46. The monoisotopic (exact) mass is 257 g/mol. The van der Waals surface area contributed by atoms with Crippen LogP contribution in [0.5, 0.6) is 5.75 Å². The second kappa shape index (κ2) is 6.18. The Balaban J connectivity index is 2.44. The van der Waals surface area contributed by atoms with Crippen LogP contribution in [0, 0.1) is 6.92 Å². The lowest BCUT2D eigenvalue weighted by atomic mass is 10.1. The smallest absolute Gasteiger partial charge is 0.132 e. The van der Waals surface area contributed by atoms with Crippen molar-refractivity contribution in [2.45, 2.75) is 20.3 Å². The Bertz CT molecular complexity index is 555. The maximum Gasteiger partial charge on any atom is 0.132 e. The molecule has 0 saturated carbocycles. The first-order valence-electron chi connectivity index (χ1n) is 6.46. The zero-order valence-corrected chi connectivity index (χ0v) is 11.6. The zero-order chi connectivity index (χ0) is 13.7. The van der Waals surface area contributed by atoms with E-state index in [1.165, 1.54) is 0 Å². The maximum atomic E-state index is 5.39. The third kappa shape index (κ3) is 2.84. The number of para-hydroxylation sites is 1. The minimum Gasteiger partial charge on any atom is -0.496 e. The fourth-order valence-corrected chi connectivity index (χ4v) is 1.98. The van der Waals surface area contributed by atoms with E-state index in [2.05, 4.69) is 22.2 Å². The molecule has 0 amide bonds. The van der Waals surface area contributed by atoms with Crippen LogP contribution in [0.15, 0.2) is 30.6 Å². The van der Waals surface area contributed by atoms with Crippen LogP contribution in [0.1, 0.15) is 18.9 Å². The molecule has 0 fully saturated rings. The van der Waals surface area contributed by atoms with Crippen molar-refractivity contribution in [3.63, 3.8) is 0 Å². The van der Waals surface area contributed by atoms with Gasteiger partial charge in [-0.3, -0.25) is 0 Å². The summed E-state index contributed by atoms with van der Waals surface area (Å²) >= 11 is 0. The van der Waals surface area contributed by atoms with Gasteiger partial charge in [0.05, 0.1) is 12.8 Å². The second-order valence-corrected chi connectivity index (χ2v) is 4.32. The molecular formula is C15H19N3O. The largest absolute Gasteiger partial charge is 0.496 e. The highest BCUT2D eigenvalue weighted by Crippen LogP contribution is 2.31. The summed E-state index contributed by atoms with van der Waals surface area (Å²) in [7, 11) is 1.67. The van der Waals surface area contributed by atoms with Crippen molar-refractivity contribution in [2.75, 3.05) is 19.0 Å². The van der Waals surface area contributed by atoms with Crippen LogP contribution in [0.3, 0.4) is 0 Å². The van der Waals surface area contributed by atoms with Crippen molar-refractivity contribution in [3.8, 4) is 17.0 Å². The Labute approximate surface area is 113 Å². The first kappa shape index (κ1) is 13.3. The third-order valence-electron chi connectivity index (χ3n) is 2.99. The van der Waals surface area contributed by atoms with Crippen LogP contribution >= 0.6 is 0 Å². The van der Waals surface area contributed by atoms with Crippen LogP contribution in [-0.4, -0.2) is 23.6 Å². The van der Waals surface area contributed by atoms with Gasteiger partial charge in [-0.2, -0.15) is 0 Å². The molecule has 0 radical (unpaired) electrons. The van der Waals surface area contributed by atoms with Crippen LogP contribution in [0.25, 0.3) is 11.3 Å². The minimum atomic E-state index is 0.825. The van der Waals surface area contributed by atoms with E-state index in [-0.39, 0.29) is 0 Å². The Morgan fingerprint density at radius 3 is 2.74 bits per heavy atom. The molecule has 0 spiro atoms. The average Bonchev–Trinajstić information content (AvgIpc) is 2.46. The van der Waals surface area contributed by atoms with E-state index in [1.54, 1.807) is 13.4 Å². The fraction of sp³-hybridized carbons (Fsp3) is 0.333. The van der Waals surface area contributed by atoms with Crippen molar-refractivity contribution in [1.29, 1.82) is 0 Å². The number of benzene rings is 1.